The average molecular weight is 305 g/mol. The number of aromatic nitrogens is 2. The maximum absolute atomic E-state index is 12.0. The molecule has 0 aliphatic heterocycles. The lowest BCUT2D eigenvalue weighted by molar-refractivity contribution is 0.560. The number of anilines is 1. The fraction of sp³-hybridized carbons (Fsp3) is 0. The van der Waals surface area contributed by atoms with E-state index in [1.54, 1.807) is 24.3 Å². The molecule has 23 heavy (non-hydrogen) atoms. The van der Waals surface area contributed by atoms with Gasteiger partial charge in [-0.1, -0.05) is 30.3 Å². The first-order valence-electron chi connectivity index (χ1n) is 6.70. The summed E-state index contributed by atoms with van der Waals surface area (Å²) in [6.45, 7) is 0. The molecule has 7 heteroatoms. The smallest absolute Gasteiger partial charge is 0.270 e. The van der Waals surface area contributed by atoms with Gasteiger partial charge in [-0.2, -0.15) is 10.4 Å². The summed E-state index contributed by atoms with van der Waals surface area (Å²) in [6, 6.07) is 14.4. The van der Waals surface area contributed by atoms with E-state index in [2.05, 4.69) is 20.5 Å². The molecule has 1 aromatic carbocycles. The number of aromatic amines is 1. The molecule has 2 aromatic heterocycles. The minimum absolute atomic E-state index is 0.0447. The van der Waals surface area contributed by atoms with E-state index in [1.165, 1.54) is 12.5 Å². The molecule has 0 saturated heterocycles. The molecule has 2 N–H and O–H groups in total. The predicted octanol–water partition coefficient (Wildman–Crippen LogP) is 2.35. The topological polar surface area (TPSA) is 107 Å². The number of hydrazone groups is 1. The lowest BCUT2D eigenvalue weighted by Crippen LogP contribution is -2.16. The standard InChI is InChI=1S/C16H11N5O2/c17-9-13-14(11-5-2-1-3-6-11)19-16(20-15(13)22)21-18-10-12-7-4-8-23-12/h1-8,10H,(H2,19,20,21,22). The summed E-state index contributed by atoms with van der Waals surface area (Å²) in [5, 5.41) is 13.1. The first-order chi connectivity index (χ1) is 11.3. The Morgan fingerprint density at radius 3 is 2.78 bits per heavy atom. The van der Waals surface area contributed by atoms with Crippen LogP contribution in [-0.2, 0) is 0 Å². The van der Waals surface area contributed by atoms with Gasteiger partial charge in [0.1, 0.15) is 17.4 Å². The third kappa shape index (κ3) is 3.16. The molecule has 0 aliphatic rings. The van der Waals surface area contributed by atoms with Crippen molar-refractivity contribution >= 4 is 12.2 Å². The average Bonchev–Trinajstić information content (AvgIpc) is 3.08. The summed E-state index contributed by atoms with van der Waals surface area (Å²) >= 11 is 0. The number of hydrogen-bond donors (Lipinski definition) is 2. The van der Waals surface area contributed by atoms with Crippen molar-refractivity contribution in [3.05, 3.63) is 70.4 Å². The van der Waals surface area contributed by atoms with Gasteiger partial charge >= 0.3 is 0 Å². The van der Waals surface area contributed by atoms with Crippen molar-refractivity contribution in [1.29, 1.82) is 5.26 Å². The van der Waals surface area contributed by atoms with Gasteiger partial charge in [-0.15, -0.1) is 0 Å². The zero-order chi connectivity index (χ0) is 16.1. The van der Waals surface area contributed by atoms with Gasteiger partial charge in [0.05, 0.1) is 18.2 Å². The second-order valence-electron chi connectivity index (χ2n) is 4.50. The lowest BCUT2D eigenvalue weighted by Gasteiger charge is -2.05. The van der Waals surface area contributed by atoms with Crippen molar-refractivity contribution in [3.8, 4) is 17.3 Å². The van der Waals surface area contributed by atoms with Crippen LogP contribution >= 0.6 is 0 Å². The molecule has 7 nitrogen and oxygen atoms in total. The Morgan fingerprint density at radius 1 is 1.26 bits per heavy atom. The Bertz CT molecular complexity index is 921. The fourth-order valence-corrected chi connectivity index (χ4v) is 1.96. The van der Waals surface area contributed by atoms with E-state index in [-0.39, 0.29) is 11.5 Å². The van der Waals surface area contributed by atoms with Gasteiger partial charge in [0, 0.05) is 5.56 Å². The number of benzene rings is 1. The van der Waals surface area contributed by atoms with E-state index < -0.39 is 5.56 Å². The van der Waals surface area contributed by atoms with E-state index in [4.69, 9.17) is 4.42 Å². The van der Waals surface area contributed by atoms with Gasteiger partial charge in [-0.25, -0.2) is 10.4 Å². The highest BCUT2D eigenvalue weighted by Crippen LogP contribution is 2.19. The van der Waals surface area contributed by atoms with Crippen LogP contribution in [0, 0.1) is 11.3 Å². The Balaban J connectivity index is 1.95. The summed E-state index contributed by atoms with van der Waals surface area (Å²) in [7, 11) is 0. The molecule has 3 rings (SSSR count). The number of furan rings is 1. The van der Waals surface area contributed by atoms with Gasteiger partial charge in [0.25, 0.3) is 5.56 Å². The first kappa shape index (κ1) is 14.3. The van der Waals surface area contributed by atoms with Gasteiger partial charge in [0.15, 0.2) is 0 Å². The fourth-order valence-electron chi connectivity index (χ4n) is 1.96. The van der Waals surface area contributed by atoms with Crippen LogP contribution in [0.15, 0.2) is 63.0 Å². The minimum atomic E-state index is -0.531. The van der Waals surface area contributed by atoms with Crippen molar-refractivity contribution in [2.24, 2.45) is 5.10 Å². The molecular formula is C16H11N5O2. The summed E-state index contributed by atoms with van der Waals surface area (Å²) < 4.78 is 5.10. The monoisotopic (exact) mass is 305 g/mol. The summed E-state index contributed by atoms with van der Waals surface area (Å²) in [6.07, 6.45) is 2.97. The Hall–Kier alpha value is -3.66. The molecule has 2 heterocycles. The van der Waals surface area contributed by atoms with Crippen LogP contribution in [0.25, 0.3) is 11.3 Å². The molecule has 112 valence electrons. The van der Waals surface area contributed by atoms with Crippen molar-refractivity contribution < 1.29 is 4.42 Å². The molecule has 0 fully saturated rings. The second kappa shape index (κ2) is 6.41. The van der Waals surface area contributed by atoms with Crippen molar-refractivity contribution in [1.82, 2.24) is 9.97 Å². The summed E-state index contributed by atoms with van der Waals surface area (Å²) in [5.74, 6) is 0.687. The first-order valence-corrected chi connectivity index (χ1v) is 6.70. The number of nitrogens with zero attached hydrogens (tertiary/aromatic N) is 3. The van der Waals surface area contributed by atoms with Crippen LogP contribution in [0.5, 0.6) is 0 Å². The van der Waals surface area contributed by atoms with E-state index in [9.17, 15) is 10.1 Å². The predicted molar refractivity (Wildman–Crippen MR) is 84.9 cm³/mol. The Morgan fingerprint density at radius 2 is 2.09 bits per heavy atom. The van der Waals surface area contributed by atoms with E-state index in [1.807, 2.05) is 24.3 Å². The minimum Gasteiger partial charge on any atom is -0.463 e. The third-order valence-corrected chi connectivity index (χ3v) is 2.98. The SMILES string of the molecule is N#Cc1c(-c2ccccc2)nc(NN=Cc2ccco2)[nH]c1=O. The highest BCUT2D eigenvalue weighted by atomic mass is 16.3. The van der Waals surface area contributed by atoms with E-state index >= 15 is 0 Å². The Labute approximate surface area is 130 Å². The summed E-state index contributed by atoms with van der Waals surface area (Å²) in [5.41, 5.74) is 3.02. The highest BCUT2D eigenvalue weighted by molar-refractivity contribution is 5.76. The number of hydrogen-bond acceptors (Lipinski definition) is 6. The molecule has 0 radical (unpaired) electrons. The van der Waals surface area contributed by atoms with Gasteiger partial charge in [-0.3, -0.25) is 9.78 Å². The normalized spacial score (nSPS) is 10.6. The van der Waals surface area contributed by atoms with Crippen LogP contribution in [-0.4, -0.2) is 16.2 Å². The molecule has 0 amide bonds. The van der Waals surface area contributed by atoms with Crippen LogP contribution in [0.2, 0.25) is 0 Å². The number of rotatable bonds is 4. The van der Waals surface area contributed by atoms with Crippen LogP contribution in [0.1, 0.15) is 11.3 Å². The lowest BCUT2D eigenvalue weighted by atomic mass is 10.1. The van der Waals surface area contributed by atoms with Crippen molar-refractivity contribution in [3.63, 3.8) is 0 Å². The zero-order valence-corrected chi connectivity index (χ0v) is 11.9. The quantitative estimate of drug-likeness (QED) is 0.568. The zero-order valence-electron chi connectivity index (χ0n) is 11.9. The molecule has 0 spiro atoms. The van der Waals surface area contributed by atoms with Crippen molar-refractivity contribution in [2.45, 2.75) is 0 Å². The Kier molecular flexibility index (Phi) is 3.98. The summed E-state index contributed by atoms with van der Waals surface area (Å²) in [4.78, 5) is 18.8. The van der Waals surface area contributed by atoms with E-state index in [0.29, 0.717) is 17.0 Å². The number of nitriles is 1. The molecule has 0 unspecified atom stereocenters. The van der Waals surface area contributed by atoms with Crippen molar-refractivity contribution in [2.75, 3.05) is 5.43 Å². The van der Waals surface area contributed by atoms with Crippen LogP contribution in [0.3, 0.4) is 0 Å². The molecule has 0 bridgehead atoms. The van der Waals surface area contributed by atoms with Gasteiger partial charge in [0.2, 0.25) is 5.95 Å². The molecule has 0 saturated carbocycles. The molecular weight excluding hydrogens is 294 g/mol. The van der Waals surface area contributed by atoms with Gasteiger partial charge < -0.3 is 4.42 Å². The molecule has 3 aromatic rings. The second-order valence-corrected chi connectivity index (χ2v) is 4.50. The number of H-pyrrole nitrogens is 1. The highest BCUT2D eigenvalue weighted by Gasteiger charge is 2.12. The van der Waals surface area contributed by atoms with E-state index in [0.717, 1.165) is 0 Å². The van der Waals surface area contributed by atoms with Crippen LogP contribution in [0.4, 0.5) is 5.95 Å². The molecule has 0 aliphatic carbocycles. The van der Waals surface area contributed by atoms with Crippen LogP contribution < -0.4 is 11.0 Å². The van der Waals surface area contributed by atoms with Gasteiger partial charge in [-0.05, 0) is 12.1 Å². The number of nitrogens with one attached hydrogen (secondary N) is 2. The maximum Gasteiger partial charge on any atom is 0.270 e. The largest absolute Gasteiger partial charge is 0.463 e. The molecule has 0 atom stereocenters. The third-order valence-electron chi connectivity index (χ3n) is 2.98. The maximum atomic E-state index is 12.0.